The Morgan fingerprint density at radius 2 is 1.70 bits per heavy atom. The molecule has 1 heterocycles. The number of esters is 2. The normalized spacial score (nSPS) is 11.9. The molecule has 0 N–H and O–H groups in total. The summed E-state index contributed by atoms with van der Waals surface area (Å²) in [6.07, 6.45) is 1.49. The monoisotopic (exact) mass is 386 g/mol. The van der Waals surface area contributed by atoms with Crippen molar-refractivity contribution in [3.05, 3.63) is 65.4 Å². The Morgan fingerprint density at radius 1 is 1.00 bits per heavy atom. The van der Waals surface area contributed by atoms with Crippen LogP contribution in [0.15, 0.2) is 57.8 Å². The van der Waals surface area contributed by atoms with Crippen LogP contribution in [0.3, 0.4) is 0 Å². The molecule has 0 radical (unpaired) electrons. The van der Waals surface area contributed by atoms with Crippen LogP contribution in [0.5, 0.6) is 0 Å². The molecule has 0 bridgehead atoms. The van der Waals surface area contributed by atoms with Gasteiger partial charge in [0.1, 0.15) is 12.2 Å². The lowest BCUT2D eigenvalue weighted by atomic mass is 10.1. The molecule has 0 aliphatic heterocycles. The van der Waals surface area contributed by atoms with Gasteiger partial charge in [0.25, 0.3) is 0 Å². The molecule has 0 aliphatic carbocycles. The van der Waals surface area contributed by atoms with E-state index in [1.54, 1.807) is 55.5 Å². The van der Waals surface area contributed by atoms with E-state index in [2.05, 4.69) is 0 Å². The van der Waals surface area contributed by atoms with Gasteiger partial charge in [-0.25, -0.2) is 9.59 Å². The highest BCUT2D eigenvalue weighted by molar-refractivity contribution is 7.84. The summed E-state index contributed by atoms with van der Waals surface area (Å²) in [6.45, 7) is 1.72. The lowest BCUT2D eigenvalue weighted by Crippen LogP contribution is -2.11. The van der Waals surface area contributed by atoms with Crippen molar-refractivity contribution in [1.29, 1.82) is 0 Å². The summed E-state index contributed by atoms with van der Waals surface area (Å²) in [6, 6.07) is 13.6. The average molecular weight is 386 g/mol. The number of carbonyl (C=O) groups excluding carboxylic acids is 2. The first-order valence-electron chi connectivity index (χ1n) is 8.30. The SMILES string of the molecule is CCOC(=O)c1oc2ccccc2c1COC(=O)c1ccccc1[S@@](C)=O. The second-order valence-corrected chi connectivity index (χ2v) is 7.00. The summed E-state index contributed by atoms with van der Waals surface area (Å²) < 4.78 is 27.8. The number of hydrogen-bond donors (Lipinski definition) is 0. The van der Waals surface area contributed by atoms with Crippen LogP contribution in [0.4, 0.5) is 0 Å². The minimum absolute atomic E-state index is 0.0122. The Bertz CT molecular complexity index is 1020. The Hall–Kier alpha value is -2.93. The van der Waals surface area contributed by atoms with Gasteiger partial charge in [-0.05, 0) is 25.1 Å². The molecule has 0 unspecified atom stereocenters. The quantitative estimate of drug-likeness (QED) is 0.601. The molecule has 27 heavy (non-hydrogen) atoms. The van der Waals surface area contributed by atoms with Gasteiger partial charge in [0.05, 0.1) is 33.4 Å². The van der Waals surface area contributed by atoms with Crippen LogP contribution in [-0.4, -0.2) is 29.0 Å². The fourth-order valence-electron chi connectivity index (χ4n) is 2.71. The lowest BCUT2D eigenvalue weighted by Gasteiger charge is -2.08. The average Bonchev–Trinajstić information content (AvgIpc) is 3.05. The van der Waals surface area contributed by atoms with Crippen molar-refractivity contribution in [1.82, 2.24) is 0 Å². The van der Waals surface area contributed by atoms with Crippen LogP contribution in [0.2, 0.25) is 0 Å². The molecule has 7 heteroatoms. The zero-order chi connectivity index (χ0) is 19.4. The molecule has 0 amide bonds. The van der Waals surface area contributed by atoms with Crippen LogP contribution in [0.1, 0.15) is 33.4 Å². The van der Waals surface area contributed by atoms with E-state index in [-0.39, 0.29) is 24.5 Å². The van der Waals surface area contributed by atoms with E-state index in [0.29, 0.717) is 21.4 Å². The second kappa shape index (κ2) is 8.18. The number of carbonyl (C=O) groups is 2. The molecule has 1 aromatic heterocycles. The summed E-state index contributed by atoms with van der Waals surface area (Å²) in [5.41, 5.74) is 1.16. The Morgan fingerprint density at radius 3 is 2.44 bits per heavy atom. The van der Waals surface area contributed by atoms with E-state index in [0.717, 1.165) is 0 Å². The van der Waals surface area contributed by atoms with Gasteiger partial charge in [0.15, 0.2) is 0 Å². The summed E-state index contributed by atoms with van der Waals surface area (Å²) in [5.74, 6) is -1.23. The highest BCUT2D eigenvalue weighted by atomic mass is 32.2. The van der Waals surface area contributed by atoms with Gasteiger partial charge >= 0.3 is 11.9 Å². The Labute approximate surface area is 158 Å². The molecule has 3 aromatic rings. The van der Waals surface area contributed by atoms with Crippen molar-refractivity contribution in [2.24, 2.45) is 0 Å². The molecule has 0 saturated carbocycles. The molecule has 2 aromatic carbocycles. The molecular weight excluding hydrogens is 368 g/mol. The lowest BCUT2D eigenvalue weighted by molar-refractivity contribution is 0.0433. The van der Waals surface area contributed by atoms with Crippen molar-refractivity contribution in [2.45, 2.75) is 18.4 Å². The van der Waals surface area contributed by atoms with E-state index in [1.165, 1.54) is 6.26 Å². The smallest absolute Gasteiger partial charge is 0.374 e. The van der Waals surface area contributed by atoms with Crippen LogP contribution < -0.4 is 0 Å². The van der Waals surface area contributed by atoms with Crippen molar-refractivity contribution in [2.75, 3.05) is 12.9 Å². The van der Waals surface area contributed by atoms with Gasteiger partial charge in [-0.15, -0.1) is 0 Å². The summed E-state index contributed by atoms with van der Waals surface area (Å²) in [7, 11) is -1.33. The zero-order valence-electron chi connectivity index (χ0n) is 14.9. The predicted octanol–water partition coefficient (Wildman–Crippen LogP) is 3.70. The molecule has 3 rings (SSSR count). The summed E-state index contributed by atoms with van der Waals surface area (Å²) in [4.78, 5) is 25.1. The third kappa shape index (κ3) is 3.93. The minimum Gasteiger partial charge on any atom is -0.460 e. The first-order valence-corrected chi connectivity index (χ1v) is 9.85. The fourth-order valence-corrected chi connectivity index (χ4v) is 3.44. The van der Waals surface area contributed by atoms with Crippen molar-refractivity contribution in [3.8, 4) is 0 Å². The number of rotatable bonds is 6. The van der Waals surface area contributed by atoms with Crippen molar-refractivity contribution < 1.29 is 27.7 Å². The van der Waals surface area contributed by atoms with Crippen LogP contribution >= 0.6 is 0 Å². The number of furan rings is 1. The third-order valence-corrected chi connectivity index (χ3v) is 4.90. The molecule has 6 nitrogen and oxygen atoms in total. The van der Waals surface area contributed by atoms with Gasteiger partial charge in [0.2, 0.25) is 5.76 Å². The topological polar surface area (TPSA) is 82.8 Å². The number of para-hydroxylation sites is 1. The van der Waals surface area contributed by atoms with E-state index in [1.807, 2.05) is 0 Å². The highest BCUT2D eigenvalue weighted by Crippen LogP contribution is 2.28. The van der Waals surface area contributed by atoms with Gasteiger partial charge in [-0.3, -0.25) is 4.21 Å². The van der Waals surface area contributed by atoms with E-state index < -0.39 is 22.7 Å². The molecule has 1 atom stereocenters. The minimum atomic E-state index is -1.33. The molecule has 140 valence electrons. The van der Waals surface area contributed by atoms with E-state index >= 15 is 0 Å². The maximum Gasteiger partial charge on any atom is 0.374 e. The number of hydrogen-bond acceptors (Lipinski definition) is 6. The number of ether oxygens (including phenoxy) is 2. The standard InChI is InChI=1S/C20H18O6S/c1-3-24-20(22)18-15(13-8-4-6-10-16(13)26-18)12-25-19(21)14-9-5-7-11-17(14)27(2)23/h4-11H,3,12H2,1-2H3/t27-/m1/s1. The molecule has 0 fully saturated rings. The zero-order valence-corrected chi connectivity index (χ0v) is 15.7. The molecular formula is C20H18O6S. The van der Waals surface area contributed by atoms with Crippen molar-refractivity contribution in [3.63, 3.8) is 0 Å². The maximum atomic E-state index is 12.5. The highest BCUT2D eigenvalue weighted by Gasteiger charge is 2.23. The molecule has 0 saturated heterocycles. The van der Waals surface area contributed by atoms with Crippen LogP contribution in [-0.2, 0) is 26.9 Å². The largest absolute Gasteiger partial charge is 0.460 e. The Balaban J connectivity index is 1.91. The summed E-state index contributed by atoms with van der Waals surface area (Å²) in [5, 5.41) is 0.667. The van der Waals surface area contributed by atoms with Crippen molar-refractivity contribution >= 4 is 33.7 Å². The predicted molar refractivity (Wildman–Crippen MR) is 100 cm³/mol. The Kier molecular flexibility index (Phi) is 5.71. The molecule has 0 spiro atoms. The van der Waals surface area contributed by atoms with Gasteiger partial charge < -0.3 is 13.9 Å². The third-order valence-electron chi connectivity index (χ3n) is 3.92. The summed E-state index contributed by atoms with van der Waals surface area (Å²) >= 11 is 0. The first kappa shape index (κ1) is 18.8. The number of benzene rings is 2. The first-order chi connectivity index (χ1) is 13.0. The second-order valence-electron chi connectivity index (χ2n) is 5.65. The van der Waals surface area contributed by atoms with Gasteiger partial charge in [0, 0.05) is 11.6 Å². The van der Waals surface area contributed by atoms with Crippen LogP contribution in [0, 0.1) is 0 Å². The fraction of sp³-hybridized carbons (Fsp3) is 0.200. The van der Waals surface area contributed by atoms with E-state index in [4.69, 9.17) is 13.9 Å². The van der Waals surface area contributed by atoms with Gasteiger partial charge in [-0.2, -0.15) is 0 Å². The van der Waals surface area contributed by atoms with Gasteiger partial charge in [-0.1, -0.05) is 30.3 Å². The maximum absolute atomic E-state index is 12.5. The number of fused-ring (bicyclic) bond motifs is 1. The molecule has 0 aliphatic rings. The van der Waals surface area contributed by atoms with Crippen LogP contribution in [0.25, 0.3) is 11.0 Å². The van der Waals surface area contributed by atoms with E-state index in [9.17, 15) is 13.8 Å².